The van der Waals surface area contributed by atoms with Gasteiger partial charge in [0.1, 0.15) is 23.1 Å². The lowest BCUT2D eigenvalue weighted by Gasteiger charge is -2.30. The van der Waals surface area contributed by atoms with E-state index in [0.717, 1.165) is 12.1 Å². The third-order valence-corrected chi connectivity index (χ3v) is 7.28. The van der Waals surface area contributed by atoms with Crippen LogP contribution in [0.5, 0.6) is 11.5 Å². The van der Waals surface area contributed by atoms with Crippen molar-refractivity contribution in [1.29, 1.82) is 0 Å². The molecule has 2 fully saturated rings. The number of aliphatic carboxylic acids is 1. The average molecular weight is 521 g/mol. The highest BCUT2D eigenvalue weighted by atomic mass is 16.6. The second-order valence-electron chi connectivity index (χ2n) is 11.0. The Morgan fingerprint density at radius 1 is 0.865 bits per heavy atom. The quantitative estimate of drug-likeness (QED) is 0.366. The van der Waals surface area contributed by atoms with Crippen LogP contribution < -0.4 is 20.1 Å². The first-order valence-corrected chi connectivity index (χ1v) is 13.8. The number of hydrogen-bond donors (Lipinski definition) is 3. The van der Waals surface area contributed by atoms with Crippen LogP contribution in [-0.4, -0.2) is 49.5 Å². The molecule has 0 bridgehead atoms. The van der Waals surface area contributed by atoms with Crippen LogP contribution >= 0.6 is 0 Å². The molecule has 8 heteroatoms. The molecule has 37 heavy (non-hydrogen) atoms. The van der Waals surface area contributed by atoms with Crippen LogP contribution in [0.2, 0.25) is 0 Å². The second-order valence-corrected chi connectivity index (χ2v) is 11.0. The lowest BCUT2D eigenvalue weighted by Crippen LogP contribution is -2.46. The highest BCUT2D eigenvalue weighted by Gasteiger charge is 2.30. The summed E-state index contributed by atoms with van der Waals surface area (Å²) < 4.78 is 15.9. The summed E-state index contributed by atoms with van der Waals surface area (Å²) in [5, 5.41) is 15.4. The lowest BCUT2D eigenvalue weighted by atomic mass is 9.91. The highest BCUT2D eigenvalue weighted by Crippen LogP contribution is 2.32. The number of hydrogen-bond acceptors (Lipinski definition) is 6. The topological polar surface area (TPSA) is 106 Å². The number of carbonyl (C=O) groups excluding carboxylic acids is 1. The molecule has 3 N–H and O–H groups in total. The van der Waals surface area contributed by atoms with Crippen LogP contribution in [-0.2, 0) is 15.1 Å². The molecule has 0 aromatic heterocycles. The van der Waals surface area contributed by atoms with Gasteiger partial charge in [0.15, 0.2) is 0 Å². The van der Waals surface area contributed by atoms with E-state index in [4.69, 9.17) is 19.3 Å². The number of alkyl carbamates (subject to hydrolysis) is 1. The molecule has 0 unspecified atom stereocenters. The van der Waals surface area contributed by atoms with Gasteiger partial charge in [-0.3, -0.25) is 0 Å². The molecule has 2 aliphatic carbocycles. The number of nitrogens with one attached hydrogen (secondary N) is 2. The van der Waals surface area contributed by atoms with Crippen molar-refractivity contribution in [3.63, 3.8) is 0 Å². The maximum Gasteiger partial charge on any atom is 0.408 e. The molecular weight excluding hydrogens is 472 g/mol. The van der Waals surface area contributed by atoms with E-state index in [-0.39, 0.29) is 5.92 Å². The van der Waals surface area contributed by atoms with Crippen molar-refractivity contribution in [1.82, 2.24) is 10.6 Å². The van der Waals surface area contributed by atoms with Crippen LogP contribution in [0.3, 0.4) is 0 Å². The molecule has 1 amide bonds. The molecule has 1 aromatic carbocycles. The summed E-state index contributed by atoms with van der Waals surface area (Å²) in [7, 11) is 3.05. The predicted octanol–water partition coefficient (Wildman–Crippen LogP) is 6.02. The van der Waals surface area contributed by atoms with Gasteiger partial charge in [0.2, 0.25) is 0 Å². The summed E-state index contributed by atoms with van der Waals surface area (Å²) in [5.41, 5.74) is -0.350. The third kappa shape index (κ3) is 10.4. The fourth-order valence-corrected chi connectivity index (χ4v) is 4.99. The van der Waals surface area contributed by atoms with Crippen molar-refractivity contribution >= 4 is 12.1 Å². The van der Waals surface area contributed by atoms with Crippen molar-refractivity contribution in [2.75, 3.05) is 14.2 Å². The Morgan fingerprint density at radius 3 is 1.70 bits per heavy atom. The van der Waals surface area contributed by atoms with Crippen molar-refractivity contribution in [2.45, 2.75) is 116 Å². The largest absolute Gasteiger partial charge is 0.497 e. The Kier molecular flexibility index (Phi) is 12.5. The number of carboxylic acids is 1. The van der Waals surface area contributed by atoms with Crippen molar-refractivity contribution in [2.24, 2.45) is 5.92 Å². The van der Waals surface area contributed by atoms with Gasteiger partial charge in [-0.05, 0) is 57.6 Å². The highest BCUT2D eigenvalue weighted by molar-refractivity contribution is 5.80. The maximum absolute atomic E-state index is 12.1. The Labute approximate surface area is 222 Å². The fraction of sp³-hybridized carbons (Fsp3) is 0.724. The molecule has 0 heterocycles. The van der Waals surface area contributed by atoms with E-state index in [2.05, 4.69) is 10.6 Å². The van der Waals surface area contributed by atoms with E-state index in [1.807, 2.05) is 0 Å². The van der Waals surface area contributed by atoms with Gasteiger partial charge in [-0.1, -0.05) is 52.4 Å². The Bertz CT molecular complexity index is 807. The van der Waals surface area contributed by atoms with Gasteiger partial charge in [-0.2, -0.15) is 0 Å². The van der Waals surface area contributed by atoms with Gasteiger partial charge in [0.25, 0.3) is 0 Å². The maximum atomic E-state index is 12.1. The van der Waals surface area contributed by atoms with Gasteiger partial charge in [0.05, 0.1) is 14.2 Å². The molecule has 0 saturated heterocycles. The first-order valence-electron chi connectivity index (χ1n) is 13.8. The van der Waals surface area contributed by atoms with Gasteiger partial charge in [-0.25, -0.2) is 9.59 Å². The molecule has 2 saturated carbocycles. The summed E-state index contributed by atoms with van der Waals surface area (Å²) in [6.07, 6.45) is 13.8. The molecule has 0 radical (unpaired) electrons. The van der Waals surface area contributed by atoms with Crippen LogP contribution in [0.1, 0.15) is 97.5 Å². The Morgan fingerprint density at radius 2 is 1.32 bits per heavy atom. The number of amides is 1. The van der Waals surface area contributed by atoms with Gasteiger partial charge in [0, 0.05) is 23.7 Å². The van der Waals surface area contributed by atoms with Crippen molar-refractivity contribution in [3.05, 3.63) is 23.8 Å². The van der Waals surface area contributed by atoms with E-state index in [1.165, 1.54) is 78.4 Å². The summed E-state index contributed by atoms with van der Waals surface area (Å²) in [6, 6.07) is 5.89. The first-order chi connectivity index (χ1) is 17.6. The van der Waals surface area contributed by atoms with E-state index in [9.17, 15) is 9.59 Å². The smallest absolute Gasteiger partial charge is 0.408 e. The molecular formula is C29H48N2O6. The molecule has 0 spiro atoms. The minimum Gasteiger partial charge on any atom is -0.497 e. The number of benzene rings is 1. The average Bonchev–Trinajstić information content (AvgIpc) is 2.88. The monoisotopic (exact) mass is 520 g/mol. The molecule has 1 aromatic rings. The SMILES string of the molecule is C1CCC(NC2CCCCC2)CC1.COc1cc(OC)cc(C(C)(C)OC(=O)N[C@H](C(=O)O)C(C)C)c1. The molecule has 8 nitrogen and oxygen atoms in total. The zero-order chi connectivity index (χ0) is 27.4. The second kappa shape index (κ2) is 15.1. The normalized spacial score (nSPS) is 17.8. The van der Waals surface area contributed by atoms with Crippen LogP contribution in [0, 0.1) is 5.92 Å². The zero-order valence-corrected chi connectivity index (χ0v) is 23.6. The molecule has 1 atom stereocenters. The summed E-state index contributed by atoms with van der Waals surface area (Å²) >= 11 is 0. The number of carbonyl (C=O) groups is 2. The van der Waals surface area contributed by atoms with E-state index < -0.39 is 23.7 Å². The van der Waals surface area contributed by atoms with Crippen molar-refractivity contribution < 1.29 is 28.9 Å². The van der Waals surface area contributed by atoms with Gasteiger partial charge in [-0.15, -0.1) is 0 Å². The third-order valence-electron chi connectivity index (χ3n) is 7.28. The molecule has 3 rings (SSSR count). The molecule has 2 aliphatic rings. The van der Waals surface area contributed by atoms with E-state index >= 15 is 0 Å². The Hall–Kier alpha value is -2.48. The number of rotatable bonds is 9. The van der Waals surface area contributed by atoms with E-state index in [1.54, 1.807) is 45.9 Å². The minimum atomic E-state index is -1.11. The number of methoxy groups -OCH3 is 2. The Balaban J connectivity index is 0.000000308. The van der Waals surface area contributed by atoms with Gasteiger partial charge < -0.3 is 30.0 Å². The fourth-order valence-electron chi connectivity index (χ4n) is 4.99. The number of ether oxygens (including phenoxy) is 3. The zero-order valence-electron chi connectivity index (χ0n) is 23.6. The summed E-state index contributed by atoms with van der Waals surface area (Å²) in [4.78, 5) is 23.3. The van der Waals surface area contributed by atoms with Gasteiger partial charge >= 0.3 is 12.1 Å². The lowest BCUT2D eigenvalue weighted by molar-refractivity contribution is -0.140. The van der Waals surface area contributed by atoms with Crippen LogP contribution in [0.15, 0.2) is 18.2 Å². The molecule has 0 aliphatic heterocycles. The van der Waals surface area contributed by atoms with E-state index in [0.29, 0.717) is 17.1 Å². The predicted molar refractivity (Wildman–Crippen MR) is 145 cm³/mol. The van der Waals surface area contributed by atoms with Crippen molar-refractivity contribution in [3.8, 4) is 11.5 Å². The standard InChI is InChI=1S/C17H25NO6.C12H23N/c1-10(2)14(15(19)20)18-16(21)24-17(3,4)11-7-12(22-5)9-13(8-11)23-6;1-3-7-11(8-4-1)13-12-9-5-2-6-10-12/h7-10,14H,1-6H3,(H,18,21)(H,19,20);11-13H,1-10H2/t14-;/m0./s1. The van der Waals surface area contributed by atoms with Crippen LogP contribution in [0.25, 0.3) is 0 Å². The molecule has 210 valence electrons. The minimum absolute atomic E-state index is 0.268. The summed E-state index contributed by atoms with van der Waals surface area (Å²) in [6.45, 7) is 6.81. The first kappa shape index (κ1) is 30.7. The van der Waals surface area contributed by atoms with Crippen LogP contribution in [0.4, 0.5) is 4.79 Å². The summed E-state index contributed by atoms with van der Waals surface area (Å²) in [5.74, 6) is -0.253. The number of carboxylic acid groups (broad SMARTS) is 1.